The number of carbonyl (C=O) groups excluding carboxylic acids is 2. The molecule has 0 aromatic heterocycles. The number of para-hydroxylation sites is 1. The van der Waals surface area contributed by atoms with Gasteiger partial charge in [-0.2, -0.15) is 0 Å². The monoisotopic (exact) mass is 358 g/mol. The van der Waals surface area contributed by atoms with Crippen molar-refractivity contribution in [2.45, 2.75) is 11.6 Å². The molecule has 0 saturated carbocycles. The Balaban J connectivity index is 1.99. The Hall–Kier alpha value is -3.44. The number of rotatable bonds is 4. The highest BCUT2D eigenvalue weighted by atomic mass is 16.3. The van der Waals surface area contributed by atoms with Crippen LogP contribution in [0.2, 0.25) is 0 Å². The molecule has 1 fully saturated rings. The summed E-state index contributed by atoms with van der Waals surface area (Å²) >= 11 is 0. The van der Waals surface area contributed by atoms with Crippen LogP contribution in [0.5, 0.6) is 0 Å². The van der Waals surface area contributed by atoms with Crippen LogP contribution in [0, 0.1) is 0 Å². The van der Waals surface area contributed by atoms with Gasteiger partial charge >= 0.3 is 6.03 Å². The molecule has 0 bridgehead atoms. The van der Waals surface area contributed by atoms with Crippen molar-refractivity contribution in [1.29, 1.82) is 0 Å². The standard InChI is InChI=1S/C22H18N2O3/c25-19(16-10-4-1-5-11-16)22(17-12-6-2-7-13-17)20(26)23-21(27)24(22)18-14-8-3-9-15-18/h1-15,19,25H,(H,23,26,27). The van der Waals surface area contributed by atoms with Crippen LogP contribution in [0.25, 0.3) is 0 Å². The minimum absolute atomic E-state index is 0.527. The van der Waals surface area contributed by atoms with Crippen molar-refractivity contribution in [3.63, 3.8) is 0 Å². The van der Waals surface area contributed by atoms with E-state index in [4.69, 9.17) is 0 Å². The van der Waals surface area contributed by atoms with E-state index < -0.39 is 23.6 Å². The normalized spacial score (nSPS) is 20.4. The number of amides is 3. The summed E-state index contributed by atoms with van der Waals surface area (Å²) in [6, 6.07) is 26.1. The van der Waals surface area contributed by atoms with Gasteiger partial charge in [0.15, 0.2) is 5.54 Å². The number of imide groups is 1. The summed E-state index contributed by atoms with van der Waals surface area (Å²) in [5.74, 6) is -0.557. The molecule has 2 atom stereocenters. The van der Waals surface area contributed by atoms with Crippen molar-refractivity contribution >= 4 is 17.6 Å². The first-order valence-corrected chi connectivity index (χ1v) is 8.65. The predicted molar refractivity (Wildman–Crippen MR) is 102 cm³/mol. The van der Waals surface area contributed by atoms with Crippen LogP contribution in [0.15, 0.2) is 91.0 Å². The molecule has 4 rings (SSSR count). The lowest BCUT2D eigenvalue weighted by Crippen LogP contribution is -2.52. The first-order chi connectivity index (χ1) is 13.2. The summed E-state index contributed by atoms with van der Waals surface area (Å²) in [6.07, 6.45) is -1.26. The van der Waals surface area contributed by atoms with E-state index in [0.29, 0.717) is 16.8 Å². The zero-order chi connectivity index (χ0) is 18.9. The van der Waals surface area contributed by atoms with E-state index in [1.54, 1.807) is 72.8 Å². The molecule has 5 nitrogen and oxygen atoms in total. The highest BCUT2D eigenvalue weighted by molar-refractivity contribution is 6.17. The van der Waals surface area contributed by atoms with Crippen LogP contribution in [-0.4, -0.2) is 17.0 Å². The molecule has 1 aliphatic heterocycles. The maximum atomic E-state index is 13.2. The minimum Gasteiger partial charge on any atom is -0.385 e. The third-order valence-electron chi connectivity index (χ3n) is 4.86. The van der Waals surface area contributed by atoms with Gasteiger partial charge in [0.25, 0.3) is 5.91 Å². The Morgan fingerprint density at radius 2 is 1.30 bits per heavy atom. The van der Waals surface area contributed by atoms with E-state index in [9.17, 15) is 14.7 Å². The predicted octanol–water partition coefficient (Wildman–Crippen LogP) is 3.37. The molecular weight excluding hydrogens is 340 g/mol. The maximum absolute atomic E-state index is 13.2. The fourth-order valence-electron chi connectivity index (χ4n) is 3.64. The van der Waals surface area contributed by atoms with Crippen molar-refractivity contribution in [2.75, 3.05) is 4.90 Å². The van der Waals surface area contributed by atoms with Crippen LogP contribution in [-0.2, 0) is 10.3 Å². The van der Waals surface area contributed by atoms with E-state index in [-0.39, 0.29) is 0 Å². The minimum atomic E-state index is -1.61. The number of carbonyl (C=O) groups is 2. The van der Waals surface area contributed by atoms with E-state index in [2.05, 4.69) is 5.32 Å². The molecule has 1 saturated heterocycles. The Morgan fingerprint density at radius 1 is 0.778 bits per heavy atom. The number of hydrogen-bond donors (Lipinski definition) is 2. The molecule has 1 heterocycles. The number of hydrogen-bond acceptors (Lipinski definition) is 3. The molecule has 2 N–H and O–H groups in total. The van der Waals surface area contributed by atoms with Gasteiger partial charge in [-0.25, -0.2) is 4.79 Å². The van der Waals surface area contributed by atoms with E-state index in [1.807, 2.05) is 18.2 Å². The second kappa shape index (κ2) is 6.70. The Labute approximate surface area is 156 Å². The first-order valence-electron chi connectivity index (χ1n) is 8.65. The number of aliphatic hydroxyl groups excluding tert-OH is 1. The second-order valence-corrected chi connectivity index (χ2v) is 6.38. The smallest absolute Gasteiger partial charge is 0.329 e. The maximum Gasteiger partial charge on any atom is 0.329 e. The molecule has 134 valence electrons. The molecule has 0 spiro atoms. The number of urea groups is 1. The molecular formula is C22H18N2O3. The van der Waals surface area contributed by atoms with Gasteiger partial charge in [-0.3, -0.25) is 15.0 Å². The van der Waals surface area contributed by atoms with Gasteiger partial charge < -0.3 is 5.11 Å². The van der Waals surface area contributed by atoms with E-state index in [0.717, 1.165) is 0 Å². The lowest BCUT2D eigenvalue weighted by molar-refractivity contribution is -0.127. The number of anilines is 1. The molecule has 27 heavy (non-hydrogen) atoms. The Kier molecular flexibility index (Phi) is 4.22. The van der Waals surface area contributed by atoms with Crippen LogP contribution in [0.1, 0.15) is 17.2 Å². The van der Waals surface area contributed by atoms with Crippen LogP contribution in [0.4, 0.5) is 10.5 Å². The van der Waals surface area contributed by atoms with Crippen LogP contribution < -0.4 is 10.2 Å². The summed E-state index contributed by atoms with van der Waals surface area (Å²) in [4.78, 5) is 27.3. The highest BCUT2D eigenvalue weighted by Crippen LogP contribution is 2.46. The van der Waals surface area contributed by atoms with Gasteiger partial charge in [0.2, 0.25) is 0 Å². The van der Waals surface area contributed by atoms with Gasteiger partial charge in [0, 0.05) is 5.69 Å². The third kappa shape index (κ3) is 2.60. The quantitative estimate of drug-likeness (QED) is 0.703. The largest absolute Gasteiger partial charge is 0.385 e. The average molecular weight is 358 g/mol. The van der Waals surface area contributed by atoms with Crippen molar-refractivity contribution in [2.24, 2.45) is 0 Å². The summed E-state index contributed by atoms with van der Waals surface area (Å²) in [6.45, 7) is 0. The van der Waals surface area contributed by atoms with Gasteiger partial charge in [0.05, 0.1) is 0 Å². The van der Waals surface area contributed by atoms with Crippen LogP contribution >= 0.6 is 0 Å². The number of nitrogens with zero attached hydrogens (tertiary/aromatic N) is 1. The molecule has 3 aromatic carbocycles. The van der Waals surface area contributed by atoms with Crippen molar-refractivity contribution in [3.05, 3.63) is 102 Å². The molecule has 0 aliphatic carbocycles. The molecule has 5 heteroatoms. The highest BCUT2D eigenvalue weighted by Gasteiger charge is 2.59. The lowest BCUT2D eigenvalue weighted by atomic mass is 9.79. The topological polar surface area (TPSA) is 69.6 Å². The summed E-state index contributed by atoms with van der Waals surface area (Å²) in [5, 5.41) is 13.8. The van der Waals surface area contributed by atoms with Gasteiger partial charge in [-0.15, -0.1) is 0 Å². The molecule has 1 aliphatic rings. The van der Waals surface area contributed by atoms with Crippen molar-refractivity contribution in [3.8, 4) is 0 Å². The fraction of sp³-hybridized carbons (Fsp3) is 0.0909. The third-order valence-corrected chi connectivity index (χ3v) is 4.86. The second-order valence-electron chi connectivity index (χ2n) is 6.38. The molecule has 3 aromatic rings. The van der Waals surface area contributed by atoms with E-state index >= 15 is 0 Å². The molecule has 2 unspecified atom stereocenters. The SMILES string of the molecule is O=C1NC(=O)C(c2ccccc2)(C(O)c2ccccc2)N1c1ccccc1. The molecule has 3 amide bonds. The average Bonchev–Trinajstić information content (AvgIpc) is 3.00. The van der Waals surface area contributed by atoms with Gasteiger partial charge in [-0.1, -0.05) is 78.9 Å². The Morgan fingerprint density at radius 3 is 1.89 bits per heavy atom. The zero-order valence-electron chi connectivity index (χ0n) is 14.4. The summed E-state index contributed by atoms with van der Waals surface area (Å²) in [5.41, 5.74) is 0.00139. The van der Waals surface area contributed by atoms with Gasteiger partial charge in [0.1, 0.15) is 6.10 Å². The first kappa shape index (κ1) is 17.0. The lowest BCUT2D eigenvalue weighted by Gasteiger charge is -2.39. The number of nitrogens with one attached hydrogen (secondary N) is 1. The van der Waals surface area contributed by atoms with Crippen molar-refractivity contribution < 1.29 is 14.7 Å². The van der Waals surface area contributed by atoms with Crippen LogP contribution in [0.3, 0.4) is 0 Å². The molecule has 0 radical (unpaired) electrons. The Bertz CT molecular complexity index is 961. The van der Waals surface area contributed by atoms with Gasteiger partial charge in [-0.05, 0) is 23.3 Å². The zero-order valence-corrected chi connectivity index (χ0v) is 14.4. The van der Waals surface area contributed by atoms with Crippen molar-refractivity contribution in [1.82, 2.24) is 5.32 Å². The summed E-state index contributed by atoms with van der Waals surface area (Å²) < 4.78 is 0. The number of aliphatic hydroxyl groups is 1. The number of benzene rings is 3. The summed E-state index contributed by atoms with van der Waals surface area (Å²) in [7, 11) is 0. The fourth-order valence-corrected chi connectivity index (χ4v) is 3.64. The van der Waals surface area contributed by atoms with E-state index in [1.165, 1.54) is 4.90 Å².